The molecule has 1 aromatic rings. The molecular formula is C13H17BrO3S. The Hall–Kier alpha value is -0.680. The van der Waals surface area contributed by atoms with Crippen LogP contribution in [0.3, 0.4) is 0 Å². The molecule has 5 heteroatoms. The highest BCUT2D eigenvalue weighted by Crippen LogP contribution is 2.18. The first-order valence-electron chi connectivity index (χ1n) is 5.85. The number of hydrogen-bond acceptors (Lipinski definition) is 3. The van der Waals surface area contributed by atoms with Crippen molar-refractivity contribution in [3.8, 4) is 0 Å². The van der Waals surface area contributed by atoms with Gasteiger partial charge in [-0.2, -0.15) is 0 Å². The number of sulfone groups is 1. The summed E-state index contributed by atoms with van der Waals surface area (Å²) in [6.45, 7) is 3.50. The number of benzene rings is 1. The lowest BCUT2D eigenvalue weighted by atomic mass is 10.0. The van der Waals surface area contributed by atoms with Gasteiger partial charge in [-0.15, -0.1) is 0 Å². The van der Waals surface area contributed by atoms with E-state index in [2.05, 4.69) is 15.9 Å². The second kappa shape index (κ2) is 6.48. The van der Waals surface area contributed by atoms with Crippen molar-refractivity contribution in [2.45, 2.75) is 26.7 Å². The Bertz CT molecular complexity index is 535. The Kier molecular flexibility index (Phi) is 5.53. The van der Waals surface area contributed by atoms with Crippen LogP contribution in [0.15, 0.2) is 22.7 Å². The maximum absolute atomic E-state index is 12.0. The minimum Gasteiger partial charge on any atom is -0.294 e. The minimum absolute atomic E-state index is 0.0000954. The molecular weight excluding hydrogens is 316 g/mol. The van der Waals surface area contributed by atoms with Crippen LogP contribution in [0.5, 0.6) is 0 Å². The van der Waals surface area contributed by atoms with Crippen LogP contribution >= 0.6 is 15.9 Å². The first-order valence-corrected chi connectivity index (χ1v) is 8.47. The van der Waals surface area contributed by atoms with E-state index in [0.29, 0.717) is 12.0 Å². The Labute approximate surface area is 117 Å². The molecule has 0 spiro atoms. The van der Waals surface area contributed by atoms with Crippen LogP contribution in [0.25, 0.3) is 0 Å². The van der Waals surface area contributed by atoms with Crippen molar-refractivity contribution in [1.29, 1.82) is 0 Å². The van der Waals surface area contributed by atoms with E-state index >= 15 is 0 Å². The summed E-state index contributed by atoms with van der Waals surface area (Å²) in [6, 6.07) is 5.54. The van der Waals surface area contributed by atoms with Crippen LogP contribution in [-0.4, -0.2) is 25.7 Å². The standard InChI is InChI=1S/C13H17BrO3S/c1-3-18(16,17)8-4-5-13(15)12-9-11(14)7-6-10(12)2/h6-7,9H,3-5,8H2,1-2H3. The molecule has 0 bridgehead atoms. The van der Waals surface area contributed by atoms with Gasteiger partial charge in [0.1, 0.15) is 9.84 Å². The van der Waals surface area contributed by atoms with Gasteiger partial charge in [0.15, 0.2) is 5.78 Å². The van der Waals surface area contributed by atoms with Crippen molar-refractivity contribution in [1.82, 2.24) is 0 Å². The van der Waals surface area contributed by atoms with Gasteiger partial charge in [0.25, 0.3) is 0 Å². The molecule has 0 radical (unpaired) electrons. The lowest BCUT2D eigenvalue weighted by Crippen LogP contribution is -2.11. The van der Waals surface area contributed by atoms with Gasteiger partial charge in [-0.25, -0.2) is 8.42 Å². The van der Waals surface area contributed by atoms with Gasteiger partial charge in [-0.1, -0.05) is 28.9 Å². The molecule has 0 heterocycles. The first-order chi connectivity index (χ1) is 8.35. The van der Waals surface area contributed by atoms with Crippen LogP contribution in [-0.2, 0) is 9.84 Å². The van der Waals surface area contributed by atoms with Gasteiger partial charge in [-0.3, -0.25) is 4.79 Å². The summed E-state index contributed by atoms with van der Waals surface area (Å²) >= 11 is 3.33. The van der Waals surface area contributed by atoms with Crippen molar-refractivity contribution in [3.05, 3.63) is 33.8 Å². The number of rotatable bonds is 6. The average Bonchev–Trinajstić information content (AvgIpc) is 2.32. The highest BCUT2D eigenvalue weighted by Gasteiger charge is 2.12. The molecule has 0 aliphatic heterocycles. The van der Waals surface area contributed by atoms with Crippen molar-refractivity contribution >= 4 is 31.6 Å². The third-order valence-electron chi connectivity index (χ3n) is 2.80. The molecule has 1 aromatic carbocycles. The smallest absolute Gasteiger partial charge is 0.163 e. The average molecular weight is 333 g/mol. The van der Waals surface area contributed by atoms with E-state index in [0.717, 1.165) is 10.0 Å². The molecule has 18 heavy (non-hydrogen) atoms. The summed E-state index contributed by atoms with van der Waals surface area (Å²) in [6.07, 6.45) is 0.664. The van der Waals surface area contributed by atoms with Gasteiger partial charge < -0.3 is 0 Å². The maximum Gasteiger partial charge on any atom is 0.163 e. The fraction of sp³-hybridized carbons (Fsp3) is 0.462. The molecule has 100 valence electrons. The predicted octanol–water partition coefficient (Wildman–Crippen LogP) is 3.16. The van der Waals surface area contributed by atoms with Crippen molar-refractivity contribution < 1.29 is 13.2 Å². The highest BCUT2D eigenvalue weighted by molar-refractivity contribution is 9.10. The van der Waals surface area contributed by atoms with Gasteiger partial charge in [0.05, 0.1) is 5.75 Å². The maximum atomic E-state index is 12.0. The quantitative estimate of drug-likeness (QED) is 0.752. The van der Waals surface area contributed by atoms with Gasteiger partial charge in [-0.05, 0) is 31.0 Å². The number of ketones is 1. The molecule has 0 fully saturated rings. The normalized spacial score (nSPS) is 11.5. The molecule has 0 saturated heterocycles. The predicted molar refractivity (Wildman–Crippen MR) is 76.8 cm³/mol. The van der Waals surface area contributed by atoms with Crippen LogP contribution in [0.2, 0.25) is 0 Å². The molecule has 0 amide bonds. The third kappa shape index (κ3) is 4.53. The van der Waals surface area contributed by atoms with Gasteiger partial charge >= 0.3 is 0 Å². The van der Waals surface area contributed by atoms with E-state index in [1.807, 2.05) is 19.1 Å². The summed E-state index contributed by atoms with van der Waals surface area (Å²) in [5.41, 5.74) is 1.58. The molecule has 0 atom stereocenters. The second-order valence-corrected chi connectivity index (χ2v) is 7.61. The number of Topliss-reactive ketones (excluding diaryl/α,β-unsaturated/α-hetero) is 1. The van der Waals surface area contributed by atoms with E-state index in [9.17, 15) is 13.2 Å². The Morgan fingerprint density at radius 2 is 2.00 bits per heavy atom. The Balaban J connectivity index is 2.64. The molecule has 0 unspecified atom stereocenters. The van der Waals surface area contributed by atoms with Crippen molar-refractivity contribution in [2.75, 3.05) is 11.5 Å². The molecule has 0 N–H and O–H groups in total. The van der Waals surface area contributed by atoms with Gasteiger partial charge in [0.2, 0.25) is 0 Å². The van der Waals surface area contributed by atoms with Gasteiger partial charge in [0, 0.05) is 22.2 Å². The van der Waals surface area contributed by atoms with E-state index < -0.39 is 9.84 Å². The molecule has 0 saturated carbocycles. The SMILES string of the molecule is CCS(=O)(=O)CCCC(=O)c1cc(Br)ccc1C. The zero-order chi connectivity index (χ0) is 13.8. The van der Waals surface area contributed by atoms with Crippen LogP contribution in [0.1, 0.15) is 35.7 Å². The zero-order valence-electron chi connectivity index (χ0n) is 10.6. The molecule has 1 rings (SSSR count). The zero-order valence-corrected chi connectivity index (χ0v) is 13.0. The van der Waals surface area contributed by atoms with Crippen molar-refractivity contribution in [2.24, 2.45) is 0 Å². The highest BCUT2D eigenvalue weighted by atomic mass is 79.9. The fourth-order valence-electron chi connectivity index (χ4n) is 1.63. The number of halogens is 1. The van der Waals surface area contributed by atoms with E-state index in [4.69, 9.17) is 0 Å². The number of carbonyl (C=O) groups excluding carboxylic acids is 1. The van der Waals surface area contributed by atoms with Crippen molar-refractivity contribution in [3.63, 3.8) is 0 Å². The monoisotopic (exact) mass is 332 g/mol. The first kappa shape index (κ1) is 15.4. The molecule has 0 aliphatic carbocycles. The summed E-state index contributed by atoms with van der Waals surface area (Å²) < 4.78 is 23.5. The summed E-state index contributed by atoms with van der Waals surface area (Å²) in [5.74, 6) is 0.222. The molecule has 0 aromatic heterocycles. The third-order valence-corrected chi connectivity index (χ3v) is 5.08. The fourth-order valence-corrected chi connectivity index (χ4v) is 2.86. The number of carbonyl (C=O) groups is 1. The lowest BCUT2D eigenvalue weighted by Gasteiger charge is -2.06. The Morgan fingerprint density at radius 3 is 2.61 bits per heavy atom. The van der Waals surface area contributed by atoms with E-state index in [-0.39, 0.29) is 23.7 Å². The number of aryl methyl sites for hydroxylation is 1. The van der Waals surface area contributed by atoms with Crippen LogP contribution in [0, 0.1) is 6.92 Å². The summed E-state index contributed by atoms with van der Waals surface area (Å²) in [4.78, 5) is 12.0. The van der Waals surface area contributed by atoms with E-state index in [1.54, 1.807) is 13.0 Å². The second-order valence-electron chi connectivity index (χ2n) is 4.22. The lowest BCUT2D eigenvalue weighted by molar-refractivity contribution is 0.0981. The minimum atomic E-state index is -2.98. The summed E-state index contributed by atoms with van der Waals surface area (Å²) in [7, 11) is -2.98. The van der Waals surface area contributed by atoms with Crippen LogP contribution in [0.4, 0.5) is 0 Å². The molecule has 3 nitrogen and oxygen atoms in total. The summed E-state index contributed by atoms with van der Waals surface area (Å²) in [5, 5.41) is 0. The largest absolute Gasteiger partial charge is 0.294 e. The molecule has 0 aliphatic rings. The van der Waals surface area contributed by atoms with Crippen LogP contribution < -0.4 is 0 Å². The topological polar surface area (TPSA) is 51.2 Å². The Morgan fingerprint density at radius 1 is 1.33 bits per heavy atom. The van der Waals surface area contributed by atoms with E-state index in [1.165, 1.54) is 0 Å². The number of hydrogen-bond donors (Lipinski definition) is 0.